The molecule has 260 valence electrons. The van der Waals surface area contributed by atoms with Crippen molar-refractivity contribution in [3.63, 3.8) is 0 Å². The first-order valence-corrected chi connectivity index (χ1v) is 15.2. The molecule has 50 heavy (non-hydrogen) atoms. The number of carbonyl (C=O) groups is 4. The van der Waals surface area contributed by atoms with Gasteiger partial charge in [-0.3, -0.25) is 9.36 Å². The van der Waals surface area contributed by atoms with Gasteiger partial charge in [0.1, 0.15) is 18.5 Å². The molecule has 4 aromatic rings. The lowest BCUT2D eigenvalue weighted by Gasteiger charge is -2.25. The van der Waals surface area contributed by atoms with Crippen molar-refractivity contribution in [1.82, 2.24) is 9.55 Å². The van der Waals surface area contributed by atoms with Crippen molar-refractivity contribution in [2.75, 3.05) is 11.9 Å². The Balaban J connectivity index is 1.53. The van der Waals surface area contributed by atoms with Gasteiger partial charge in [-0.1, -0.05) is 56.3 Å². The second-order valence-electron chi connectivity index (χ2n) is 11.4. The van der Waals surface area contributed by atoms with E-state index in [-0.39, 0.29) is 16.9 Å². The van der Waals surface area contributed by atoms with Crippen molar-refractivity contribution in [1.29, 1.82) is 0 Å². The number of aromatic nitrogens is 2. The molecule has 3 aromatic carbocycles. The van der Waals surface area contributed by atoms with Gasteiger partial charge < -0.3 is 24.3 Å². The number of rotatable bonds is 10. The van der Waals surface area contributed by atoms with E-state index in [9.17, 15) is 37.1 Å². The van der Waals surface area contributed by atoms with Crippen LogP contribution >= 0.6 is 0 Å². The average molecular weight is 694 g/mol. The summed E-state index contributed by atoms with van der Waals surface area (Å²) >= 11 is 0. The Morgan fingerprint density at radius 1 is 0.820 bits per heavy atom. The lowest BCUT2D eigenvalue weighted by molar-refractivity contribution is -0.137. The Hall–Kier alpha value is -5.83. The predicted molar refractivity (Wildman–Crippen MR) is 169 cm³/mol. The largest absolute Gasteiger partial charge is 0.459 e. The van der Waals surface area contributed by atoms with Crippen LogP contribution in [0, 0.1) is 5.92 Å². The molecule has 1 aliphatic rings. The molecular formula is C35H30F3N3O9. The van der Waals surface area contributed by atoms with Gasteiger partial charge in [0.25, 0.3) is 0 Å². The maximum atomic E-state index is 13.5. The van der Waals surface area contributed by atoms with E-state index in [1.54, 1.807) is 50.2 Å². The van der Waals surface area contributed by atoms with Crippen LogP contribution in [0.2, 0.25) is 0 Å². The number of alkyl halides is 3. The molecule has 1 aliphatic heterocycles. The lowest BCUT2D eigenvalue weighted by atomic mass is 10.1. The zero-order valence-corrected chi connectivity index (χ0v) is 26.5. The van der Waals surface area contributed by atoms with Gasteiger partial charge in [0.2, 0.25) is 5.91 Å². The van der Waals surface area contributed by atoms with Crippen LogP contribution < -0.4 is 11.0 Å². The van der Waals surface area contributed by atoms with Crippen LogP contribution in [0.5, 0.6) is 0 Å². The molecule has 0 spiro atoms. The van der Waals surface area contributed by atoms with Crippen molar-refractivity contribution >= 4 is 29.6 Å². The van der Waals surface area contributed by atoms with Crippen LogP contribution in [0.25, 0.3) is 0 Å². The van der Waals surface area contributed by atoms with Gasteiger partial charge in [0.05, 0.1) is 22.3 Å². The Labute approximate surface area is 282 Å². The van der Waals surface area contributed by atoms with Crippen LogP contribution in [0.3, 0.4) is 0 Å². The van der Waals surface area contributed by atoms with Crippen LogP contribution in [0.4, 0.5) is 19.0 Å². The summed E-state index contributed by atoms with van der Waals surface area (Å²) < 4.78 is 64.3. The smallest absolute Gasteiger partial charge is 0.416 e. The molecule has 5 rings (SSSR count). The van der Waals surface area contributed by atoms with E-state index in [0.29, 0.717) is 6.07 Å². The number of nitrogens with zero attached hydrogens (tertiary/aromatic N) is 2. The summed E-state index contributed by atoms with van der Waals surface area (Å²) in [5, 5.41) is 2.48. The molecule has 0 radical (unpaired) electrons. The topological polar surface area (TPSA) is 152 Å². The number of nitrogens with one attached hydrogen (secondary N) is 1. The molecule has 1 aromatic heterocycles. The van der Waals surface area contributed by atoms with E-state index in [1.165, 1.54) is 36.5 Å². The van der Waals surface area contributed by atoms with Crippen molar-refractivity contribution in [3.8, 4) is 0 Å². The third-order valence-electron chi connectivity index (χ3n) is 7.47. The Kier molecular flexibility index (Phi) is 10.8. The van der Waals surface area contributed by atoms with E-state index < -0.39 is 83.9 Å². The van der Waals surface area contributed by atoms with E-state index in [2.05, 4.69) is 10.3 Å². The van der Waals surface area contributed by atoms with Crippen LogP contribution in [0.1, 0.15) is 56.7 Å². The van der Waals surface area contributed by atoms with Gasteiger partial charge in [0.15, 0.2) is 18.4 Å². The minimum atomic E-state index is -4.78. The average Bonchev–Trinajstić information content (AvgIpc) is 3.43. The van der Waals surface area contributed by atoms with Gasteiger partial charge in [-0.15, -0.1) is 0 Å². The van der Waals surface area contributed by atoms with Crippen LogP contribution in [-0.2, 0) is 29.9 Å². The minimum absolute atomic E-state index is 0.0861. The lowest BCUT2D eigenvalue weighted by Crippen LogP contribution is -2.42. The molecule has 1 fully saturated rings. The summed E-state index contributed by atoms with van der Waals surface area (Å²) in [7, 11) is 0. The third-order valence-corrected chi connectivity index (χ3v) is 7.47. The van der Waals surface area contributed by atoms with E-state index in [1.807, 2.05) is 0 Å². The first kappa shape index (κ1) is 35.5. The Morgan fingerprint density at radius 3 is 2.00 bits per heavy atom. The number of amides is 1. The maximum absolute atomic E-state index is 13.5. The number of carbonyl (C=O) groups excluding carboxylic acids is 4. The van der Waals surface area contributed by atoms with Crippen molar-refractivity contribution in [2.24, 2.45) is 5.92 Å². The molecule has 1 saturated heterocycles. The van der Waals surface area contributed by atoms with Gasteiger partial charge >= 0.3 is 29.8 Å². The normalized spacial score (nSPS) is 18.7. The molecule has 2 heterocycles. The number of hydrogen-bond acceptors (Lipinski definition) is 10. The van der Waals surface area contributed by atoms with Crippen molar-refractivity contribution < 1.29 is 51.3 Å². The molecule has 0 unspecified atom stereocenters. The zero-order chi connectivity index (χ0) is 36.0. The SMILES string of the molecule is CC(C)C(=O)Nc1ccn([C@@H]2O[C@H](COC(=O)c3ccccc3)[C@@H](OC(=O)c3ccccc3)[C@H]2OC(=O)c2cccc(C(F)(F)F)c2)c(=O)n1. The number of anilines is 1. The quantitative estimate of drug-likeness (QED) is 0.176. The summed E-state index contributed by atoms with van der Waals surface area (Å²) in [5.74, 6) is -3.90. The molecule has 0 aliphatic carbocycles. The summed E-state index contributed by atoms with van der Waals surface area (Å²) in [4.78, 5) is 68.9. The number of hydrogen-bond donors (Lipinski definition) is 1. The maximum Gasteiger partial charge on any atom is 0.416 e. The molecule has 0 saturated carbocycles. The highest BCUT2D eigenvalue weighted by molar-refractivity contribution is 5.92. The fraction of sp³-hybridized carbons (Fsp3) is 0.257. The fourth-order valence-electron chi connectivity index (χ4n) is 4.88. The number of esters is 3. The number of benzene rings is 3. The predicted octanol–water partition coefficient (Wildman–Crippen LogP) is 5.06. The van der Waals surface area contributed by atoms with Gasteiger partial charge in [-0.2, -0.15) is 18.2 Å². The van der Waals surface area contributed by atoms with Gasteiger partial charge in [-0.05, 0) is 48.5 Å². The molecule has 1 N–H and O–H groups in total. The third kappa shape index (κ3) is 8.41. The van der Waals surface area contributed by atoms with Crippen molar-refractivity contribution in [3.05, 3.63) is 130 Å². The van der Waals surface area contributed by atoms with E-state index >= 15 is 0 Å². The van der Waals surface area contributed by atoms with Gasteiger partial charge in [-0.25, -0.2) is 19.2 Å². The molecule has 0 bridgehead atoms. The van der Waals surface area contributed by atoms with Crippen LogP contribution in [-0.4, -0.2) is 58.3 Å². The standard InChI is InChI=1S/C35H30F3N3O9/c1-20(2)29(42)39-26-16-17-41(34(46)40-26)30-28(50-33(45)23-14-9-15-24(18-23)35(36,37)38)27(49-32(44)22-12-7-4-8-13-22)25(48-30)19-47-31(43)21-10-5-3-6-11-21/h3-18,20,25,27-28,30H,19H2,1-2H3,(H,39,40,42,46)/t25-,27-,28-,30-/m1/s1. The van der Waals surface area contributed by atoms with E-state index in [4.69, 9.17) is 18.9 Å². The highest BCUT2D eigenvalue weighted by atomic mass is 19.4. The summed E-state index contributed by atoms with van der Waals surface area (Å²) in [6.45, 7) is 2.70. The number of halogens is 3. The minimum Gasteiger partial charge on any atom is -0.459 e. The Bertz CT molecular complexity index is 1920. The Morgan fingerprint density at radius 2 is 1.40 bits per heavy atom. The first-order chi connectivity index (χ1) is 23.8. The second-order valence-corrected chi connectivity index (χ2v) is 11.4. The molecule has 15 heteroatoms. The molecule has 4 atom stereocenters. The highest BCUT2D eigenvalue weighted by Crippen LogP contribution is 2.35. The van der Waals surface area contributed by atoms with E-state index in [0.717, 1.165) is 22.8 Å². The molecule has 1 amide bonds. The number of ether oxygens (including phenoxy) is 4. The first-order valence-electron chi connectivity index (χ1n) is 15.2. The van der Waals surface area contributed by atoms with Crippen LogP contribution in [0.15, 0.2) is 102 Å². The summed E-state index contributed by atoms with van der Waals surface area (Å²) in [5.41, 5.74) is -2.34. The monoisotopic (exact) mass is 693 g/mol. The fourth-order valence-corrected chi connectivity index (χ4v) is 4.88. The molecular weight excluding hydrogens is 663 g/mol. The highest BCUT2D eigenvalue weighted by Gasteiger charge is 2.52. The zero-order valence-electron chi connectivity index (χ0n) is 26.5. The van der Waals surface area contributed by atoms with Gasteiger partial charge in [0, 0.05) is 12.1 Å². The summed E-state index contributed by atoms with van der Waals surface area (Å²) in [6.07, 6.45) is -9.84. The van der Waals surface area contributed by atoms with Crippen molar-refractivity contribution in [2.45, 2.75) is 44.6 Å². The second kappa shape index (κ2) is 15.2. The molecule has 12 nitrogen and oxygen atoms in total. The summed E-state index contributed by atoms with van der Waals surface area (Å²) in [6, 6.07) is 20.3.